The Hall–Kier alpha value is -3.87. The molecule has 1 unspecified atom stereocenters. The van der Waals surface area contributed by atoms with Crippen molar-refractivity contribution in [2.24, 2.45) is 5.73 Å². The Labute approximate surface area is 204 Å². The van der Waals surface area contributed by atoms with Crippen molar-refractivity contribution in [1.82, 2.24) is 0 Å². The van der Waals surface area contributed by atoms with Crippen LogP contribution >= 0.6 is 0 Å². The Morgan fingerprint density at radius 2 is 1.83 bits per heavy atom. The number of esters is 1. The number of carbonyl (C=O) groups is 3. The first-order valence-corrected chi connectivity index (χ1v) is 11.9. The molecule has 0 bridgehead atoms. The maximum atomic E-state index is 14.2. The summed E-state index contributed by atoms with van der Waals surface area (Å²) in [7, 11) is 1.67. The number of ketones is 1. The lowest BCUT2D eigenvalue weighted by Crippen LogP contribution is -2.54. The predicted molar refractivity (Wildman–Crippen MR) is 134 cm³/mol. The van der Waals surface area contributed by atoms with Crippen LogP contribution < -0.4 is 15.5 Å². The number of Topliss-reactive ketones (excluding diaryl/α,β-unsaturated/α-hetero) is 1. The van der Waals surface area contributed by atoms with E-state index in [1.54, 1.807) is 18.9 Å². The van der Waals surface area contributed by atoms with Gasteiger partial charge in [0.2, 0.25) is 5.91 Å². The zero-order chi connectivity index (χ0) is 25.1. The lowest BCUT2D eigenvalue weighted by molar-refractivity contribution is -0.140. The number of hydrogen-bond acceptors (Lipinski definition) is 6. The van der Waals surface area contributed by atoms with E-state index < -0.39 is 11.4 Å². The van der Waals surface area contributed by atoms with Gasteiger partial charge in [0.15, 0.2) is 5.78 Å². The quantitative estimate of drug-likeness (QED) is 0.685. The van der Waals surface area contributed by atoms with Gasteiger partial charge in [-0.15, -0.1) is 0 Å². The Kier molecular flexibility index (Phi) is 5.31. The molecule has 1 amide bonds. The van der Waals surface area contributed by atoms with E-state index in [1.165, 1.54) is 4.90 Å². The van der Waals surface area contributed by atoms with Gasteiger partial charge in [0.25, 0.3) is 0 Å². The summed E-state index contributed by atoms with van der Waals surface area (Å²) in [5, 5.41) is 0. The zero-order valence-corrected chi connectivity index (χ0v) is 20.5. The van der Waals surface area contributed by atoms with Gasteiger partial charge in [0, 0.05) is 36.0 Å². The number of amides is 1. The number of fused-ring (bicyclic) bond motifs is 3. The molecule has 180 valence electrons. The van der Waals surface area contributed by atoms with Crippen LogP contribution in [0.4, 0.5) is 11.4 Å². The van der Waals surface area contributed by atoms with E-state index in [1.807, 2.05) is 56.3 Å². The number of carbonyl (C=O) groups excluding carboxylic acids is 3. The molecule has 1 spiro atoms. The van der Waals surface area contributed by atoms with Gasteiger partial charge in [-0.05, 0) is 56.9 Å². The van der Waals surface area contributed by atoms with Gasteiger partial charge in [-0.2, -0.15) is 0 Å². The molecule has 2 aromatic carbocycles. The number of likely N-dealkylation sites (N-methyl/N-ethyl adjacent to an activating group) is 1. The summed E-state index contributed by atoms with van der Waals surface area (Å²) in [5.41, 5.74) is 10.2. The zero-order valence-electron chi connectivity index (χ0n) is 20.5. The Balaban J connectivity index is 1.94. The molecule has 35 heavy (non-hydrogen) atoms. The number of ether oxygens (including phenoxy) is 1. The molecule has 2 aromatic rings. The van der Waals surface area contributed by atoms with Crippen LogP contribution in [-0.2, 0) is 24.5 Å². The normalized spacial score (nSPS) is 21.6. The van der Waals surface area contributed by atoms with E-state index in [2.05, 4.69) is 0 Å². The fraction of sp³-hybridized carbons (Fsp3) is 0.321. The molecule has 0 radical (unpaired) electrons. The minimum Gasteiger partial charge on any atom is -0.462 e. The van der Waals surface area contributed by atoms with Crippen LogP contribution in [-0.4, -0.2) is 31.3 Å². The van der Waals surface area contributed by atoms with Gasteiger partial charge >= 0.3 is 5.97 Å². The fourth-order valence-electron chi connectivity index (χ4n) is 5.79. The van der Waals surface area contributed by atoms with Gasteiger partial charge < -0.3 is 15.4 Å². The number of benzene rings is 2. The molecule has 7 heteroatoms. The molecule has 5 rings (SSSR count). The first-order valence-electron chi connectivity index (χ1n) is 11.9. The number of nitrogens with zero attached hydrogens (tertiary/aromatic N) is 2. The second-order valence-corrected chi connectivity index (χ2v) is 9.34. The summed E-state index contributed by atoms with van der Waals surface area (Å²) in [6, 6.07) is 13.3. The summed E-state index contributed by atoms with van der Waals surface area (Å²) in [6.45, 7) is 5.76. The highest BCUT2D eigenvalue weighted by Crippen LogP contribution is 2.57. The number of para-hydroxylation sites is 1. The van der Waals surface area contributed by atoms with Gasteiger partial charge in [-0.1, -0.05) is 30.3 Å². The minimum absolute atomic E-state index is 0.0102. The monoisotopic (exact) mass is 471 g/mol. The highest BCUT2D eigenvalue weighted by atomic mass is 16.5. The van der Waals surface area contributed by atoms with E-state index in [0.717, 1.165) is 16.8 Å². The molecule has 0 fully saturated rings. The molecule has 1 atom stereocenters. The highest BCUT2D eigenvalue weighted by molar-refractivity contribution is 6.24. The Bertz CT molecular complexity index is 1360. The van der Waals surface area contributed by atoms with Crippen LogP contribution in [0.3, 0.4) is 0 Å². The highest BCUT2D eigenvalue weighted by Gasteiger charge is 2.63. The second kappa shape index (κ2) is 8.12. The van der Waals surface area contributed by atoms with Crippen molar-refractivity contribution in [2.45, 2.75) is 45.4 Å². The van der Waals surface area contributed by atoms with Crippen LogP contribution in [0.5, 0.6) is 0 Å². The molecule has 1 aliphatic carbocycles. The van der Waals surface area contributed by atoms with E-state index in [0.29, 0.717) is 41.8 Å². The van der Waals surface area contributed by atoms with Crippen LogP contribution in [0.15, 0.2) is 65.1 Å². The van der Waals surface area contributed by atoms with Gasteiger partial charge in [-0.25, -0.2) is 4.79 Å². The van der Waals surface area contributed by atoms with Crippen molar-refractivity contribution >= 4 is 29.0 Å². The molecule has 2 heterocycles. The molecule has 2 N–H and O–H groups in total. The molecule has 0 saturated carbocycles. The first-order chi connectivity index (χ1) is 16.7. The molecule has 2 aliphatic heterocycles. The SMILES string of the molecule is CCOC(=O)C1=C(N)N(c2cc(C)ccc2C)C2=C(C(=O)CCC2)C12C(=O)N(C)c1ccccc12. The van der Waals surface area contributed by atoms with Crippen molar-refractivity contribution in [2.75, 3.05) is 23.5 Å². The molecule has 0 aromatic heterocycles. The van der Waals surface area contributed by atoms with E-state index in [-0.39, 0.29) is 29.7 Å². The number of hydrogen-bond donors (Lipinski definition) is 1. The first kappa shape index (κ1) is 22.9. The molecule has 7 nitrogen and oxygen atoms in total. The number of nitrogens with two attached hydrogens (primary N) is 1. The molecule has 0 saturated heterocycles. The van der Waals surface area contributed by atoms with E-state index in [9.17, 15) is 14.4 Å². The summed E-state index contributed by atoms with van der Waals surface area (Å²) in [6.07, 6.45) is 1.51. The maximum absolute atomic E-state index is 14.2. The van der Waals surface area contributed by atoms with Crippen LogP contribution in [0, 0.1) is 13.8 Å². The Morgan fingerprint density at radius 1 is 1.09 bits per heavy atom. The third-order valence-electron chi connectivity index (χ3n) is 7.28. The molecule has 3 aliphatic rings. The average Bonchev–Trinajstić information content (AvgIpc) is 3.04. The number of rotatable bonds is 3. The standard InChI is InChI=1S/C28H29N3O4/c1-5-35-26(33)24-25(29)31(21-15-16(2)13-14-17(21)3)20-11-8-12-22(32)23(20)28(24)18-9-6-7-10-19(18)30(4)27(28)34/h6-7,9-10,13-15H,5,8,11-12,29H2,1-4H3. The average molecular weight is 472 g/mol. The largest absolute Gasteiger partial charge is 0.462 e. The fourth-order valence-corrected chi connectivity index (χ4v) is 5.79. The van der Waals surface area contributed by atoms with Crippen LogP contribution in [0.1, 0.15) is 42.9 Å². The smallest absolute Gasteiger partial charge is 0.339 e. The number of anilines is 2. The maximum Gasteiger partial charge on any atom is 0.339 e. The van der Waals surface area contributed by atoms with Gasteiger partial charge in [0.05, 0.1) is 12.3 Å². The third-order valence-corrected chi connectivity index (χ3v) is 7.28. The second-order valence-electron chi connectivity index (χ2n) is 9.34. The lowest BCUT2D eigenvalue weighted by Gasteiger charge is -2.45. The van der Waals surface area contributed by atoms with E-state index in [4.69, 9.17) is 10.5 Å². The minimum atomic E-state index is -1.64. The number of allylic oxidation sites excluding steroid dienone is 1. The van der Waals surface area contributed by atoms with Crippen molar-refractivity contribution in [3.63, 3.8) is 0 Å². The van der Waals surface area contributed by atoms with Crippen LogP contribution in [0.2, 0.25) is 0 Å². The number of aryl methyl sites for hydroxylation is 2. The topological polar surface area (TPSA) is 92.9 Å². The lowest BCUT2D eigenvalue weighted by atomic mass is 9.63. The third kappa shape index (κ3) is 3.00. The predicted octanol–water partition coefficient (Wildman–Crippen LogP) is 3.78. The van der Waals surface area contributed by atoms with Crippen molar-refractivity contribution in [1.29, 1.82) is 0 Å². The van der Waals surface area contributed by atoms with Crippen molar-refractivity contribution < 1.29 is 19.1 Å². The Morgan fingerprint density at radius 3 is 2.57 bits per heavy atom. The van der Waals surface area contributed by atoms with Gasteiger partial charge in [0.1, 0.15) is 16.8 Å². The summed E-state index contributed by atoms with van der Waals surface area (Å²) >= 11 is 0. The van der Waals surface area contributed by atoms with Crippen LogP contribution in [0.25, 0.3) is 0 Å². The van der Waals surface area contributed by atoms with Gasteiger partial charge in [-0.3, -0.25) is 14.5 Å². The molecular weight excluding hydrogens is 442 g/mol. The van der Waals surface area contributed by atoms with Crippen molar-refractivity contribution in [3.8, 4) is 0 Å². The summed E-state index contributed by atoms with van der Waals surface area (Å²) in [5.74, 6) is -1.07. The van der Waals surface area contributed by atoms with Crippen molar-refractivity contribution in [3.05, 3.63) is 81.8 Å². The molecular formula is C28H29N3O4. The summed E-state index contributed by atoms with van der Waals surface area (Å²) < 4.78 is 5.48. The summed E-state index contributed by atoms with van der Waals surface area (Å²) in [4.78, 5) is 44.9. The van der Waals surface area contributed by atoms with E-state index >= 15 is 0 Å².